The number of carbonyl (C=O) groups is 2. The number of nitrogens with one attached hydrogen (secondary N) is 3. The summed E-state index contributed by atoms with van der Waals surface area (Å²) in [6.45, 7) is 8.91. The van der Waals surface area contributed by atoms with Gasteiger partial charge in [0.2, 0.25) is 6.41 Å². The average molecular weight is 556 g/mol. The van der Waals surface area contributed by atoms with Gasteiger partial charge in [-0.05, 0) is 70.4 Å². The fourth-order valence-corrected chi connectivity index (χ4v) is 4.04. The van der Waals surface area contributed by atoms with Gasteiger partial charge < -0.3 is 14.8 Å². The number of amidine groups is 2. The van der Waals surface area contributed by atoms with Crippen LogP contribution in [0.15, 0.2) is 47.5 Å². The number of fused-ring (bicyclic) bond motifs is 1. The van der Waals surface area contributed by atoms with Crippen LogP contribution in [0.4, 0.5) is 5.69 Å². The summed E-state index contributed by atoms with van der Waals surface area (Å²) < 4.78 is 10.9. The Bertz CT molecular complexity index is 1170. The van der Waals surface area contributed by atoms with Crippen molar-refractivity contribution in [1.82, 2.24) is 5.32 Å². The van der Waals surface area contributed by atoms with Crippen molar-refractivity contribution in [2.75, 3.05) is 24.7 Å². The molecular formula is C29H38ClN5O4. The van der Waals surface area contributed by atoms with Gasteiger partial charge in [-0.1, -0.05) is 30.7 Å². The van der Waals surface area contributed by atoms with E-state index in [-0.39, 0.29) is 23.7 Å². The van der Waals surface area contributed by atoms with Crippen LogP contribution in [-0.4, -0.2) is 55.6 Å². The summed E-state index contributed by atoms with van der Waals surface area (Å²) in [6, 6.07) is 12.7. The maximum atomic E-state index is 11.5. The van der Waals surface area contributed by atoms with Crippen LogP contribution in [0.2, 0.25) is 5.02 Å². The van der Waals surface area contributed by atoms with E-state index in [1.54, 1.807) is 18.7 Å². The largest absolute Gasteiger partial charge is 0.494 e. The van der Waals surface area contributed by atoms with E-state index in [9.17, 15) is 9.59 Å². The normalized spacial score (nSPS) is 14.2. The SMILES string of the molecule is CCNC=O.CCOC(=O)CCCCOc1ccc2c(c1)C(c1ccc(Cl)cc1)=N[C@@H](CC)C(=N)N2C(C)=N. The zero-order valence-corrected chi connectivity index (χ0v) is 23.8. The summed E-state index contributed by atoms with van der Waals surface area (Å²) >= 11 is 6.11. The van der Waals surface area contributed by atoms with Crippen LogP contribution in [0.5, 0.6) is 5.75 Å². The molecule has 10 heteroatoms. The van der Waals surface area contributed by atoms with E-state index < -0.39 is 0 Å². The highest BCUT2D eigenvalue weighted by Gasteiger charge is 2.30. The van der Waals surface area contributed by atoms with Crippen molar-refractivity contribution >= 4 is 47.1 Å². The topological polar surface area (TPSA) is 128 Å². The third-order valence-electron chi connectivity index (χ3n) is 5.78. The van der Waals surface area contributed by atoms with Crippen molar-refractivity contribution in [2.24, 2.45) is 4.99 Å². The number of anilines is 1. The van der Waals surface area contributed by atoms with Gasteiger partial charge in [-0.15, -0.1) is 0 Å². The molecule has 0 bridgehead atoms. The van der Waals surface area contributed by atoms with Crippen molar-refractivity contribution in [1.29, 1.82) is 10.8 Å². The van der Waals surface area contributed by atoms with Crippen LogP contribution in [0.3, 0.4) is 0 Å². The Kier molecular flexibility index (Phi) is 13.2. The number of nitrogens with zero attached hydrogens (tertiary/aromatic N) is 2. The lowest BCUT2D eigenvalue weighted by atomic mass is 9.99. The number of unbranched alkanes of at least 4 members (excludes halogenated alkanes) is 1. The number of aliphatic imine (C=N–C) groups is 1. The predicted molar refractivity (Wildman–Crippen MR) is 157 cm³/mol. The van der Waals surface area contributed by atoms with Gasteiger partial charge in [0, 0.05) is 29.1 Å². The molecule has 39 heavy (non-hydrogen) atoms. The number of esters is 1. The molecule has 0 aromatic heterocycles. The Morgan fingerprint density at radius 3 is 2.44 bits per heavy atom. The number of ether oxygens (including phenoxy) is 2. The monoisotopic (exact) mass is 555 g/mol. The van der Waals surface area contributed by atoms with Gasteiger partial charge in [0.05, 0.1) is 24.6 Å². The molecular weight excluding hydrogens is 518 g/mol. The smallest absolute Gasteiger partial charge is 0.305 e. The van der Waals surface area contributed by atoms with E-state index in [0.29, 0.717) is 49.7 Å². The number of benzodiazepines with no additional fused rings is 1. The molecule has 1 heterocycles. The van der Waals surface area contributed by atoms with Crippen molar-refractivity contribution in [2.45, 2.75) is 59.4 Å². The summed E-state index contributed by atoms with van der Waals surface area (Å²) in [5.74, 6) is 1.00. The second kappa shape index (κ2) is 16.3. The Balaban J connectivity index is 0.000000976. The lowest BCUT2D eigenvalue weighted by Crippen LogP contribution is -2.40. The number of amides is 1. The Labute approximate surface area is 235 Å². The van der Waals surface area contributed by atoms with Crippen LogP contribution in [-0.2, 0) is 14.3 Å². The maximum absolute atomic E-state index is 11.5. The molecule has 3 rings (SSSR count). The minimum absolute atomic E-state index is 0.189. The fourth-order valence-electron chi connectivity index (χ4n) is 3.92. The first-order valence-electron chi connectivity index (χ1n) is 13.1. The minimum atomic E-state index is -0.384. The van der Waals surface area contributed by atoms with Crippen LogP contribution in [0, 0.1) is 10.8 Å². The lowest BCUT2D eigenvalue weighted by Gasteiger charge is -2.26. The highest BCUT2D eigenvalue weighted by molar-refractivity contribution is 6.31. The molecule has 1 aliphatic heterocycles. The third-order valence-corrected chi connectivity index (χ3v) is 6.03. The number of benzene rings is 2. The van der Waals surface area contributed by atoms with Crippen LogP contribution in [0.1, 0.15) is 64.5 Å². The fraction of sp³-hybridized carbons (Fsp3) is 0.414. The number of carbonyl (C=O) groups excluding carboxylic acids is 2. The summed E-state index contributed by atoms with van der Waals surface area (Å²) in [5, 5.41) is 20.2. The second-order valence-electron chi connectivity index (χ2n) is 8.68. The standard InChI is InChI=1S/C26H31ClN4O3.C3H7NO/c1-4-22-26(29)31(17(3)28)23-14-13-20(34-15-7-6-8-24(32)33-5-2)16-21(23)25(30-22)18-9-11-19(27)12-10-18;1-2-4-3-5/h9-14,16,22,28-29H,4-8,15H2,1-3H3;3H,2H2,1H3,(H,4,5)/t22-;/m0./s1. The van der Waals surface area contributed by atoms with E-state index >= 15 is 0 Å². The van der Waals surface area contributed by atoms with E-state index in [1.165, 1.54) is 0 Å². The number of hydrogen-bond donors (Lipinski definition) is 3. The molecule has 0 saturated heterocycles. The first-order valence-corrected chi connectivity index (χ1v) is 13.5. The van der Waals surface area contributed by atoms with Gasteiger partial charge >= 0.3 is 5.97 Å². The van der Waals surface area contributed by atoms with E-state index in [2.05, 4.69) is 5.32 Å². The molecule has 2 aromatic rings. The molecule has 210 valence electrons. The molecule has 0 aliphatic carbocycles. The molecule has 0 saturated carbocycles. The van der Waals surface area contributed by atoms with Crippen molar-refractivity contribution in [3.8, 4) is 5.75 Å². The highest BCUT2D eigenvalue weighted by atomic mass is 35.5. The first-order chi connectivity index (χ1) is 18.8. The molecule has 0 spiro atoms. The summed E-state index contributed by atoms with van der Waals surface area (Å²) in [6.07, 6.45) is 3.11. The molecule has 0 radical (unpaired) electrons. The zero-order valence-electron chi connectivity index (χ0n) is 23.1. The Morgan fingerprint density at radius 2 is 1.87 bits per heavy atom. The van der Waals surface area contributed by atoms with Crippen molar-refractivity contribution in [3.05, 3.63) is 58.6 Å². The van der Waals surface area contributed by atoms with Gasteiger partial charge in [-0.25, -0.2) is 0 Å². The Hall–Kier alpha value is -3.72. The summed E-state index contributed by atoms with van der Waals surface area (Å²) in [7, 11) is 0. The number of halogens is 1. The molecule has 1 aliphatic rings. The molecule has 0 unspecified atom stereocenters. The van der Waals surface area contributed by atoms with Gasteiger partial charge in [-0.3, -0.25) is 30.3 Å². The van der Waals surface area contributed by atoms with Gasteiger partial charge in [0.15, 0.2) is 0 Å². The maximum Gasteiger partial charge on any atom is 0.305 e. The Morgan fingerprint density at radius 1 is 1.15 bits per heavy atom. The second-order valence-corrected chi connectivity index (χ2v) is 9.12. The number of hydrogen-bond acceptors (Lipinski definition) is 7. The van der Waals surface area contributed by atoms with E-state index in [4.69, 9.17) is 36.9 Å². The quantitative estimate of drug-likeness (QED) is 0.109. The van der Waals surface area contributed by atoms with Crippen LogP contribution < -0.4 is 15.0 Å². The van der Waals surface area contributed by atoms with Crippen LogP contribution in [0.25, 0.3) is 0 Å². The molecule has 9 nitrogen and oxygen atoms in total. The van der Waals surface area contributed by atoms with Gasteiger partial charge in [-0.2, -0.15) is 0 Å². The molecule has 0 fully saturated rings. The highest BCUT2D eigenvalue weighted by Crippen LogP contribution is 2.33. The molecule has 3 N–H and O–H groups in total. The lowest BCUT2D eigenvalue weighted by molar-refractivity contribution is -0.143. The first kappa shape index (κ1) is 31.5. The van der Waals surface area contributed by atoms with E-state index in [0.717, 1.165) is 35.5 Å². The van der Waals surface area contributed by atoms with Gasteiger partial charge in [0.1, 0.15) is 23.5 Å². The van der Waals surface area contributed by atoms with Crippen LogP contribution >= 0.6 is 11.6 Å². The summed E-state index contributed by atoms with van der Waals surface area (Å²) in [4.78, 5) is 27.4. The predicted octanol–water partition coefficient (Wildman–Crippen LogP) is 5.61. The van der Waals surface area contributed by atoms with E-state index in [1.807, 2.05) is 56.3 Å². The average Bonchev–Trinajstić information content (AvgIpc) is 3.03. The zero-order chi connectivity index (χ0) is 28.8. The molecule has 1 amide bonds. The van der Waals surface area contributed by atoms with Crippen molar-refractivity contribution < 1.29 is 19.1 Å². The van der Waals surface area contributed by atoms with Crippen molar-refractivity contribution in [3.63, 3.8) is 0 Å². The molecule has 2 aromatic carbocycles. The number of rotatable bonds is 11. The molecule has 1 atom stereocenters. The van der Waals surface area contributed by atoms with Gasteiger partial charge in [0.25, 0.3) is 0 Å². The third kappa shape index (κ3) is 9.21. The summed E-state index contributed by atoms with van der Waals surface area (Å²) in [5.41, 5.74) is 3.13. The minimum Gasteiger partial charge on any atom is -0.494 e.